The minimum Gasteiger partial charge on any atom is -0.741 e. The van der Waals surface area contributed by atoms with Crippen LogP contribution in [0.1, 0.15) is 11.1 Å². The summed E-state index contributed by atoms with van der Waals surface area (Å²) in [5, 5.41) is 0.723. The van der Waals surface area contributed by atoms with Crippen LogP contribution < -0.4 is 0 Å². The second-order valence-electron chi connectivity index (χ2n) is 6.11. The van der Waals surface area contributed by atoms with E-state index in [1.165, 1.54) is 0 Å². The number of halogens is 5. The molecule has 31 heavy (non-hydrogen) atoms. The van der Waals surface area contributed by atoms with Gasteiger partial charge >= 0.3 is 5.51 Å². The predicted molar refractivity (Wildman–Crippen MR) is 113 cm³/mol. The maximum Gasteiger partial charge on any atom is 0.485 e. The highest BCUT2D eigenvalue weighted by molar-refractivity contribution is 9.10. The molecule has 2 aromatic carbocycles. The van der Waals surface area contributed by atoms with Crippen LogP contribution in [0.25, 0.3) is 0 Å². The van der Waals surface area contributed by atoms with Crippen LogP contribution in [0.5, 0.6) is 0 Å². The minimum absolute atomic E-state index is 0.723. The molecule has 0 N–H and O–H groups in total. The van der Waals surface area contributed by atoms with E-state index in [9.17, 15) is 13.2 Å². The average Bonchev–Trinajstić information content (AvgIpc) is 2.71. The Morgan fingerprint density at radius 3 is 2.06 bits per heavy atom. The first kappa shape index (κ1) is 25.4. The third kappa shape index (κ3) is 8.27. The van der Waals surface area contributed by atoms with E-state index in [0.29, 0.717) is 0 Å². The van der Waals surface area contributed by atoms with Crippen LogP contribution >= 0.6 is 27.5 Å². The van der Waals surface area contributed by atoms with Crippen LogP contribution in [0.15, 0.2) is 53.0 Å². The molecule has 0 spiro atoms. The van der Waals surface area contributed by atoms with Crippen molar-refractivity contribution in [2.24, 2.45) is 0 Å². The molecule has 1 fully saturated rings. The standard InChI is InChI=1S/C19H16BrClNO.CHF3O3S/c20-17-6-4-16(5-7-17)19(22-11-13-23-14-12-22)10-3-15-1-8-18(21)9-2-15;2-1(3,4)8(5,6)7/h1-2,4-9H,11-14H2;(H,5,6,7)/q+1;/p-1. The van der Waals surface area contributed by atoms with Gasteiger partial charge in [-0.3, -0.25) is 0 Å². The van der Waals surface area contributed by atoms with Gasteiger partial charge in [-0.2, -0.15) is 13.2 Å². The van der Waals surface area contributed by atoms with Crippen molar-refractivity contribution in [1.29, 1.82) is 0 Å². The Morgan fingerprint density at radius 1 is 1.06 bits per heavy atom. The van der Waals surface area contributed by atoms with Crippen molar-refractivity contribution in [3.8, 4) is 11.8 Å². The number of hydrogen-bond donors (Lipinski definition) is 0. The summed E-state index contributed by atoms with van der Waals surface area (Å²) in [7, 11) is -6.09. The van der Waals surface area contributed by atoms with E-state index in [2.05, 4.69) is 44.5 Å². The van der Waals surface area contributed by atoms with Crippen LogP contribution in [0.4, 0.5) is 13.2 Å². The molecule has 0 bridgehead atoms. The quantitative estimate of drug-likeness (QED) is 0.238. The van der Waals surface area contributed by atoms with Crippen LogP contribution in [0.2, 0.25) is 5.02 Å². The molecule has 0 atom stereocenters. The van der Waals surface area contributed by atoms with Crippen LogP contribution in [0.3, 0.4) is 0 Å². The maximum absolute atomic E-state index is 10.7. The van der Waals surface area contributed by atoms with Crippen molar-refractivity contribution in [2.45, 2.75) is 5.51 Å². The fourth-order valence-corrected chi connectivity index (χ4v) is 2.78. The van der Waals surface area contributed by atoms with E-state index in [-0.39, 0.29) is 0 Å². The van der Waals surface area contributed by atoms with Crippen molar-refractivity contribution in [3.63, 3.8) is 0 Å². The predicted octanol–water partition coefficient (Wildman–Crippen LogP) is 4.04. The van der Waals surface area contributed by atoms with Gasteiger partial charge in [-0.1, -0.05) is 33.5 Å². The van der Waals surface area contributed by atoms with Crippen molar-refractivity contribution in [3.05, 3.63) is 69.2 Å². The molecule has 0 saturated carbocycles. The van der Waals surface area contributed by atoms with Crippen LogP contribution in [0, 0.1) is 11.8 Å². The van der Waals surface area contributed by atoms with Gasteiger partial charge in [0.25, 0.3) is 5.71 Å². The van der Waals surface area contributed by atoms with E-state index in [0.717, 1.165) is 52.6 Å². The highest BCUT2D eigenvalue weighted by atomic mass is 79.9. The number of ether oxygens (including phenoxy) is 1. The third-order valence-electron chi connectivity index (χ3n) is 3.90. The molecule has 2 aromatic rings. The van der Waals surface area contributed by atoms with Crippen molar-refractivity contribution < 1.29 is 35.5 Å². The largest absolute Gasteiger partial charge is 0.741 e. The Morgan fingerprint density at radius 2 is 1.58 bits per heavy atom. The molecule has 1 aliphatic rings. The second kappa shape index (κ2) is 11.1. The van der Waals surface area contributed by atoms with Gasteiger partial charge < -0.3 is 9.29 Å². The smallest absolute Gasteiger partial charge is 0.485 e. The Bertz CT molecular complexity index is 1080. The summed E-state index contributed by atoms with van der Waals surface area (Å²) >= 11 is 9.41. The average molecular weight is 539 g/mol. The van der Waals surface area contributed by atoms with Gasteiger partial charge in [-0.15, -0.1) is 0 Å². The molecule has 11 heteroatoms. The summed E-state index contributed by atoms with van der Waals surface area (Å²) in [4.78, 5) is 0. The van der Waals surface area contributed by atoms with Gasteiger partial charge in [0.2, 0.25) is 0 Å². The molecule has 0 aliphatic carbocycles. The number of rotatable bonds is 1. The number of nitrogens with zero attached hydrogens (tertiary/aromatic N) is 1. The lowest BCUT2D eigenvalue weighted by Crippen LogP contribution is -2.33. The molecule has 166 valence electrons. The van der Waals surface area contributed by atoms with Crippen molar-refractivity contribution in [2.75, 3.05) is 26.3 Å². The molecule has 0 amide bonds. The molecule has 0 radical (unpaired) electrons. The number of hydrogen-bond acceptors (Lipinski definition) is 4. The fourth-order valence-electron chi connectivity index (χ4n) is 2.39. The van der Waals surface area contributed by atoms with Crippen LogP contribution in [-0.4, -0.2) is 55.1 Å². The van der Waals surface area contributed by atoms with Gasteiger partial charge in [-0.25, -0.2) is 13.0 Å². The number of morpholine rings is 1. The highest BCUT2D eigenvalue weighted by Gasteiger charge is 2.36. The van der Waals surface area contributed by atoms with E-state index in [1.54, 1.807) is 0 Å². The molecule has 1 heterocycles. The Hall–Kier alpha value is -1.90. The Kier molecular flexibility index (Phi) is 9.09. The molecule has 1 saturated heterocycles. The van der Waals surface area contributed by atoms with E-state index in [4.69, 9.17) is 29.3 Å². The van der Waals surface area contributed by atoms with Crippen molar-refractivity contribution in [1.82, 2.24) is 0 Å². The minimum atomic E-state index is -6.09. The first-order valence-electron chi connectivity index (χ1n) is 8.73. The zero-order valence-electron chi connectivity index (χ0n) is 15.8. The summed E-state index contributed by atoms with van der Waals surface area (Å²) in [6.45, 7) is 3.20. The van der Waals surface area contributed by atoms with Gasteiger partial charge in [0, 0.05) is 21.0 Å². The molecule has 3 rings (SSSR count). The van der Waals surface area contributed by atoms with Crippen LogP contribution in [-0.2, 0) is 14.9 Å². The lowest BCUT2D eigenvalue weighted by Gasteiger charge is -2.12. The Balaban J connectivity index is 0.000000366. The third-order valence-corrected chi connectivity index (χ3v) is 5.25. The first-order valence-corrected chi connectivity index (χ1v) is 11.3. The summed E-state index contributed by atoms with van der Waals surface area (Å²) in [6.07, 6.45) is 0. The van der Waals surface area contributed by atoms with Gasteiger partial charge in [-0.05, 0) is 48.5 Å². The van der Waals surface area contributed by atoms with E-state index < -0.39 is 15.6 Å². The molecule has 5 nitrogen and oxygen atoms in total. The molecular weight excluding hydrogens is 523 g/mol. The summed E-state index contributed by atoms with van der Waals surface area (Å²) in [5.41, 5.74) is -2.53. The first-order chi connectivity index (χ1) is 14.5. The Labute approximate surface area is 191 Å². The topological polar surface area (TPSA) is 69.4 Å². The fraction of sp³-hybridized carbons (Fsp3) is 0.250. The number of alkyl halides is 3. The van der Waals surface area contributed by atoms with Gasteiger partial charge in [0.15, 0.2) is 23.2 Å². The zero-order chi connectivity index (χ0) is 23.1. The van der Waals surface area contributed by atoms with Crippen molar-refractivity contribution >= 4 is 43.4 Å². The van der Waals surface area contributed by atoms with E-state index in [1.807, 2.05) is 36.4 Å². The zero-order valence-corrected chi connectivity index (χ0v) is 19.0. The highest BCUT2D eigenvalue weighted by Crippen LogP contribution is 2.20. The van der Waals surface area contributed by atoms with E-state index >= 15 is 0 Å². The molecular formula is C20H16BrClF3NO4S. The summed E-state index contributed by atoms with van der Waals surface area (Å²) in [5.74, 6) is 6.58. The molecule has 1 aliphatic heterocycles. The second-order valence-corrected chi connectivity index (χ2v) is 8.83. The summed E-state index contributed by atoms with van der Waals surface area (Å²) < 4.78 is 67.7. The van der Waals surface area contributed by atoms with Gasteiger partial charge in [0.05, 0.1) is 5.56 Å². The monoisotopic (exact) mass is 537 g/mol. The number of benzene rings is 2. The summed E-state index contributed by atoms with van der Waals surface area (Å²) in [6, 6.07) is 15.9. The normalized spacial score (nSPS) is 14.1. The lowest BCUT2D eigenvalue weighted by molar-refractivity contribution is -0.547. The lowest BCUT2D eigenvalue weighted by atomic mass is 10.1. The maximum atomic E-state index is 10.7. The molecule has 0 unspecified atom stereocenters. The SMILES string of the molecule is Clc1ccc(C#CC(c2ccc(Br)cc2)=[N+]2CCOCC2)cc1.O=S(=O)([O-])C(F)(F)F. The van der Waals surface area contributed by atoms with Gasteiger partial charge in [0.1, 0.15) is 13.2 Å². The molecule has 0 aromatic heterocycles.